The number of amides is 1. The van der Waals surface area contributed by atoms with Crippen molar-refractivity contribution in [1.82, 2.24) is 0 Å². The van der Waals surface area contributed by atoms with Gasteiger partial charge in [-0.15, -0.1) is 0 Å². The fourth-order valence-corrected chi connectivity index (χ4v) is 3.20. The summed E-state index contributed by atoms with van der Waals surface area (Å²) in [6, 6.07) is 3.96. The molecule has 0 aromatic heterocycles. The van der Waals surface area contributed by atoms with E-state index in [4.69, 9.17) is 14.2 Å². The molecule has 2 rings (SSSR count). The smallest absolute Gasteiger partial charge is 0.310 e. The van der Waals surface area contributed by atoms with Gasteiger partial charge in [-0.2, -0.15) is 0 Å². The number of carbonyl (C=O) groups excluding carboxylic acids is 4. The molecule has 0 unspecified atom stereocenters. The predicted octanol–water partition coefficient (Wildman–Crippen LogP) is 5.77. The van der Waals surface area contributed by atoms with Gasteiger partial charge >= 0.3 is 28.1 Å². The SMILES string of the molecule is CC(=O)Oc1cc(C=CC(=O)Nc2ccc(S(F)(F)(F)(F)F)cc2)cc(OC(C)=O)c1OC(C)=O. The van der Waals surface area contributed by atoms with E-state index in [9.17, 15) is 38.6 Å². The number of hydrogen-bond acceptors (Lipinski definition) is 7. The second-order valence-electron chi connectivity index (χ2n) is 6.94. The third-order valence-corrected chi connectivity index (χ3v) is 4.95. The van der Waals surface area contributed by atoms with Crippen molar-refractivity contribution in [1.29, 1.82) is 0 Å². The fraction of sp³-hybridized carbons (Fsp3) is 0.143. The van der Waals surface area contributed by atoms with Crippen molar-refractivity contribution in [2.45, 2.75) is 25.7 Å². The first-order chi connectivity index (χ1) is 15.8. The predicted molar refractivity (Wildman–Crippen MR) is 116 cm³/mol. The zero-order chi connectivity index (χ0) is 26.7. The standard InChI is InChI=1S/C21H18F5NO7S/c1-12(28)32-18-10-15(11-19(33-13(2)29)21(18)34-14(3)30)4-9-20(31)27-16-5-7-17(8-6-16)35(22,23,24,25)26/h4-11H,1-3H3,(H,27,31). The number of anilines is 1. The van der Waals surface area contributed by atoms with Gasteiger partial charge in [-0.3, -0.25) is 19.2 Å². The Kier molecular flexibility index (Phi) is 7.03. The molecule has 1 N–H and O–H groups in total. The van der Waals surface area contributed by atoms with Crippen molar-refractivity contribution in [3.63, 3.8) is 0 Å². The van der Waals surface area contributed by atoms with Crippen LogP contribution in [0.4, 0.5) is 25.1 Å². The Labute approximate surface area is 195 Å². The Morgan fingerprint density at radius 3 is 1.63 bits per heavy atom. The highest BCUT2D eigenvalue weighted by Crippen LogP contribution is 3.02. The second-order valence-corrected chi connectivity index (χ2v) is 9.35. The van der Waals surface area contributed by atoms with Crippen LogP contribution in [-0.4, -0.2) is 23.8 Å². The topological polar surface area (TPSA) is 108 Å². The summed E-state index contributed by atoms with van der Waals surface area (Å²) >= 11 is 0. The zero-order valence-electron chi connectivity index (χ0n) is 18.3. The highest BCUT2D eigenvalue weighted by molar-refractivity contribution is 8.45. The summed E-state index contributed by atoms with van der Waals surface area (Å²) in [5.41, 5.74) is -0.0727. The van der Waals surface area contributed by atoms with E-state index in [2.05, 4.69) is 5.32 Å². The Morgan fingerprint density at radius 1 is 0.771 bits per heavy atom. The number of benzene rings is 2. The molecule has 1 amide bonds. The van der Waals surface area contributed by atoms with Crippen molar-refractivity contribution in [2.24, 2.45) is 0 Å². The molecule has 0 bridgehead atoms. The van der Waals surface area contributed by atoms with Gasteiger partial charge in [0.15, 0.2) is 11.5 Å². The van der Waals surface area contributed by atoms with Crippen LogP contribution in [0.5, 0.6) is 17.2 Å². The molecule has 0 saturated carbocycles. The molecule has 35 heavy (non-hydrogen) atoms. The number of rotatable bonds is 7. The Hall–Kier alpha value is -3.94. The van der Waals surface area contributed by atoms with Gasteiger partial charge in [-0.05, 0) is 48.0 Å². The third kappa shape index (κ3) is 8.41. The van der Waals surface area contributed by atoms with E-state index in [1.54, 1.807) is 0 Å². The molecule has 0 radical (unpaired) electrons. The number of esters is 3. The summed E-state index contributed by atoms with van der Waals surface area (Å²) in [6.07, 6.45) is 2.06. The molecule has 0 fully saturated rings. The maximum Gasteiger partial charge on any atom is 0.310 e. The minimum atomic E-state index is -9.84. The first-order valence-electron chi connectivity index (χ1n) is 9.40. The lowest BCUT2D eigenvalue weighted by molar-refractivity contribution is -0.135. The fourth-order valence-electron chi connectivity index (χ4n) is 2.55. The first-order valence-corrected chi connectivity index (χ1v) is 11.4. The van der Waals surface area contributed by atoms with Crippen LogP contribution in [-0.2, 0) is 19.2 Å². The molecule has 8 nitrogen and oxygen atoms in total. The molecule has 2 aromatic rings. The monoisotopic (exact) mass is 523 g/mol. The van der Waals surface area contributed by atoms with Crippen LogP contribution in [0, 0.1) is 0 Å². The van der Waals surface area contributed by atoms with Crippen molar-refractivity contribution in [3.8, 4) is 17.2 Å². The van der Waals surface area contributed by atoms with Gasteiger partial charge in [0, 0.05) is 32.5 Å². The summed E-state index contributed by atoms with van der Waals surface area (Å²) in [6.45, 7) is 3.17. The summed E-state index contributed by atoms with van der Waals surface area (Å²) in [5.74, 6) is -4.27. The van der Waals surface area contributed by atoms with Crippen molar-refractivity contribution < 1.29 is 52.8 Å². The molecular weight excluding hydrogens is 505 g/mol. The number of nitrogens with one attached hydrogen (secondary N) is 1. The molecular formula is C21H18F5NO7S. The summed E-state index contributed by atoms with van der Waals surface area (Å²) in [7, 11) is -9.84. The van der Waals surface area contributed by atoms with E-state index in [0.29, 0.717) is 12.1 Å². The maximum absolute atomic E-state index is 12.8. The molecule has 14 heteroatoms. The molecule has 0 saturated heterocycles. The van der Waals surface area contributed by atoms with Gasteiger partial charge in [0.25, 0.3) is 0 Å². The second kappa shape index (κ2) is 9.02. The van der Waals surface area contributed by atoms with Crippen LogP contribution < -0.4 is 19.5 Å². The van der Waals surface area contributed by atoms with Gasteiger partial charge in [-0.25, -0.2) is 0 Å². The minimum Gasteiger partial charge on any atom is -0.423 e. The van der Waals surface area contributed by atoms with Crippen LogP contribution in [0.25, 0.3) is 6.08 Å². The Balaban J connectivity index is 2.32. The van der Waals surface area contributed by atoms with Crippen LogP contribution >= 0.6 is 10.2 Å². The van der Waals surface area contributed by atoms with Crippen LogP contribution in [0.3, 0.4) is 0 Å². The lowest BCUT2D eigenvalue weighted by atomic mass is 10.1. The summed E-state index contributed by atoms with van der Waals surface area (Å²) in [4.78, 5) is 44.3. The average molecular weight is 523 g/mol. The highest BCUT2D eigenvalue weighted by atomic mass is 32.5. The van der Waals surface area contributed by atoms with E-state index in [-0.39, 0.29) is 40.6 Å². The lowest BCUT2D eigenvalue weighted by Crippen LogP contribution is -2.11. The maximum atomic E-state index is 12.8. The molecule has 0 aliphatic carbocycles. The Morgan fingerprint density at radius 2 is 1.23 bits per heavy atom. The number of halogens is 5. The van der Waals surface area contributed by atoms with Crippen LogP contribution in [0.15, 0.2) is 47.4 Å². The summed E-state index contributed by atoms with van der Waals surface area (Å²) < 4.78 is 78.8. The summed E-state index contributed by atoms with van der Waals surface area (Å²) in [5, 5.41) is 2.18. The van der Waals surface area contributed by atoms with Gasteiger partial charge < -0.3 is 19.5 Å². The van der Waals surface area contributed by atoms with Crippen molar-refractivity contribution in [3.05, 3.63) is 48.0 Å². The van der Waals surface area contributed by atoms with Gasteiger partial charge in [0.05, 0.1) is 0 Å². The number of hydrogen-bond donors (Lipinski definition) is 1. The largest absolute Gasteiger partial charge is 0.423 e. The molecule has 0 spiro atoms. The van der Waals surface area contributed by atoms with Gasteiger partial charge in [-0.1, -0.05) is 19.4 Å². The highest BCUT2D eigenvalue weighted by Gasteiger charge is 2.65. The number of carbonyl (C=O) groups is 4. The van der Waals surface area contributed by atoms with Gasteiger partial charge in [0.2, 0.25) is 11.7 Å². The first kappa shape index (κ1) is 27.3. The normalized spacial score (nSPS) is 13.4. The molecule has 190 valence electrons. The minimum absolute atomic E-state index is 0.125. The van der Waals surface area contributed by atoms with E-state index in [1.165, 1.54) is 12.1 Å². The van der Waals surface area contributed by atoms with Crippen molar-refractivity contribution in [2.75, 3.05) is 5.32 Å². The lowest BCUT2D eigenvalue weighted by Gasteiger charge is -2.40. The molecule has 2 aromatic carbocycles. The van der Waals surface area contributed by atoms with Crippen LogP contribution in [0.1, 0.15) is 26.3 Å². The molecule has 0 heterocycles. The quantitative estimate of drug-likeness (QED) is 0.212. The van der Waals surface area contributed by atoms with Crippen molar-refractivity contribution >= 4 is 45.8 Å². The zero-order valence-corrected chi connectivity index (χ0v) is 19.1. The van der Waals surface area contributed by atoms with Gasteiger partial charge in [0.1, 0.15) is 4.90 Å². The number of ether oxygens (including phenoxy) is 3. The van der Waals surface area contributed by atoms with E-state index < -0.39 is 38.9 Å². The molecule has 0 aliphatic rings. The Bertz CT molecular complexity index is 1190. The van der Waals surface area contributed by atoms with Crippen LogP contribution in [0.2, 0.25) is 0 Å². The van der Waals surface area contributed by atoms with E-state index in [1.807, 2.05) is 0 Å². The third-order valence-electron chi connectivity index (χ3n) is 3.79. The van der Waals surface area contributed by atoms with E-state index >= 15 is 0 Å². The van der Waals surface area contributed by atoms with E-state index in [0.717, 1.165) is 32.9 Å². The molecule has 0 aliphatic heterocycles. The molecule has 0 atom stereocenters. The average Bonchev–Trinajstić information content (AvgIpc) is 2.66.